The summed E-state index contributed by atoms with van der Waals surface area (Å²) in [6.07, 6.45) is 3.92. The highest BCUT2D eigenvalue weighted by molar-refractivity contribution is 5.67. The van der Waals surface area contributed by atoms with E-state index in [9.17, 15) is 9.90 Å². The molecule has 4 nitrogen and oxygen atoms in total. The molecular formula is C11H21NO3. The number of aliphatic carboxylic acids is 1. The SMILES string of the molecule is CC1CCCCCN1CC(O)CC(=O)O. The summed E-state index contributed by atoms with van der Waals surface area (Å²) in [4.78, 5) is 12.6. The lowest BCUT2D eigenvalue weighted by Gasteiger charge is -2.28. The summed E-state index contributed by atoms with van der Waals surface area (Å²) in [5, 5.41) is 18.1. The number of carboxylic acid groups (broad SMARTS) is 1. The summed E-state index contributed by atoms with van der Waals surface area (Å²) < 4.78 is 0. The van der Waals surface area contributed by atoms with Crippen LogP contribution in [-0.2, 0) is 4.79 Å². The first-order valence-electron chi connectivity index (χ1n) is 5.73. The Kier molecular flexibility index (Phi) is 5.05. The number of carbonyl (C=O) groups is 1. The lowest BCUT2D eigenvalue weighted by molar-refractivity contribution is -0.139. The predicted octanol–water partition coefficient (Wildman–Crippen LogP) is 1.09. The minimum absolute atomic E-state index is 0.150. The van der Waals surface area contributed by atoms with Crippen molar-refractivity contribution < 1.29 is 15.0 Å². The highest BCUT2D eigenvalue weighted by Crippen LogP contribution is 2.16. The van der Waals surface area contributed by atoms with Gasteiger partial charge in [0.2, 0.25) is 0 Å². The summed E-state index contributed by atoms with van der Waals surface area (Å²) in [6, 6.07) is 0.468. The van der Waals surface area contributed by atoms with Crippen LogP contribution < -0.4 is 0 Å². The second-order valence-corrected chi connectivity index (χ2v) is 4.44. The summed E-state index contributed by atoms with van der Waals surface area (Å²) in [6.45, 7) is 3.63. The molecule has 2 unspecified atom stereocenters. The number of aliphatic hydroxyl groups is 1. The van der Waals surface area contributed by atoms with Gasteiger partial charge in [0.1, 0.15) is 0 Å². The van der Waals surface area contributed by atoms with Gasteiger partial charge in [0.25, 0.3) is 0 Å². The van der Waals surface area contributed by atoms with Gasteiger partial charge in [-0.15, -0.1) is 0 Å². The Morgan fingerprint density at radius 1 is 1.47 bits per heavy atom. The van der Waals surface area contributed by atoms with Crippen molar-refractivity contribution in [3.8, 4) is 0 Å². The first kappa shape index (κ1) is 12.5. The Balaban J connectivity index is 2.36. The number of rotatable bonds is 4. The minimum atomic E-state index is -0.926. The van der Waals surface area contributed by atoms with Crippen LogP contribution in [0.15, 0.2) is 0 Å². The van der Waals surface area contributed by atoms with E-state index >= 15 is 0 Å². The number of β-amino-alcohol motifs (C(OH)–C–C–N with tert-alkyl or cyclic N) is 1. The summed E-state index contributed by atoms with van der Waals surface area (Å²) in [5.74, 6) is -0.926. The van der Waals surface area contributed by atoms with Gasteiger partial charge in [-0.2, -0.15) is 0 Å². The van der Waals surface area contributed by atoms with Crippen molar-refractivity contribution in [2.45, 2.75) is 51.2 Å². The first-order chi connectivity index (χ1) is 7.09. The zero-order valence-electron chi connectivity index (χ0n) is 9.35. The second-order valence-electron chi connectivity index (χ2n) is 4.44. The van der Waals surface area contributed by atoms with Crippen LogP contribution in [0.3, 0.4) is 0 Å². The average molecular weight is 215 g/mol. The Morgan fingerprint density at radius 3 is 2.87 bits per heavy atom. The average Bonchev–Trinajstić information content (AvgIpc) is 2.30. The van der Waals surface area contributed by atoms with Crippen molar-refractivity contribution in [1.29, 1.82) is 0 Å². The molecule has 1 rings (SSSR count). The quantitative estimate of drug-likeness (QED) is 0.737. The molecule has 0 bridgehead atoms. The molecule has 2 N–H and O–H groups in total. The monoisotopic (exact) mass is 215 g/mol. The zero-order chi connectivity index (χ0) is 11.3. The smallest absolute Gasteiger partial charge is 0.306 e. The van der Waals surface area contributed by atoms with E-state index in [1.807, 2.05) is 0 Å². The summed E-state index contributed by atoms with van der Waals surface area (Å²) >= 11 is 0. The number of hydrogen-bond donors (Lipinski definition) is 2. The van der Waals surface area contributed by atoms with Crippen LogP contribution in [0.25, 0.3) is 0 Å². The van der Waals surface area contributed by atoms with E-state index in [1.54, 1.807) is 0 Å². The third-order valence-corrected chi connectivity index (χ3v) is 3.05. The van der Waals surface area contributed by atoms with Gasteiger partial charge in [0.15, 0.2) is 0 Å². The fourth-order valence-electron chi connectivity index (χ4n) is 2.14. The van der Waals surface area contributed by atoms with Crippen LogP contribution >= 0.6 is 0 Å². The van der Waals surface area contributed by atoms with Crippen molar-refractivity contribution in [3.63, 3.8) is 0 Å². The van der Waals surface area contributed by atoms with E-state index in [0.717, 1.165) is 19.4 Å². The molecule has 2 atom stereocenters. The van der Waals surface area contributed by atoms with E-state index in [-0.39, 0.29) is 6.42 Å². The van der Waals surface area contributed by atoms with Gasteiger partial charge in [-0.25, -0.2) is 0 Å². The molecule has 1 saturated heterocycles. The van der Waals surface area contributed by atoms with E-state index in [0.29, 0.717) is 12.6 Å². The summed E-state index contributed by atoms with van der Waals surface area (Å²) in [7, 11) is 0. The van der Waals surface area contributed by atoms with E-state index in [2.05, 4.69) is 11.8 Å². The lowest BCUT2D eigenvalue weighted by atomic mass is 10.1. The highest BCUT2D eigenvalue weighted by atomic mass is 16.4. The summed E-state index contributed by atoms with van der Waals surface area (Å²) in [5.41, 5.74) is 0. The standard InChI is InChI=1S/C11H21NO3/c1-9-5-3-2-4-6-12(9)8-10(13)7-11(14)15/h9-10,13H,2-8H2,1H3,(H,14,15). The molecule has 4 heteroatoms. The Bertz CT molecular complexity index is 208. The van der Waals surface area contributed by atoms with Crippen LogP contribution in [0.4, 0.5) is 0 Å². The number of aliphatic hydroxyl groups excluding tert-OH is 1. The van der Waals surface area contributed by atoms with Gasteiger partial charge in [-0.3, -0.25) is 9.69 Å². The Morgan fingerprint density at radius 2 is 2.20 bits per heavy atom. The van der Waals surface area contributed by atoms with Gasteiger partial charge in [0.05, 0.1) is 12.5 Å². The van der Waals surface area contributed by atoms with E-state index in [1.165, 1.54) is 12.8 Å². The van der Waals surface area contributed by atoms with Crippen molar-refractivity contribution in [2.75, 3.05) is 13.1 Å². The molecule has 0 aromatic heterocycles. The third-order valence-electron chi connectivity index (χ3n) is 3.05. The van der Waals surface area contributed by atoms with Crippen LogP contribution in [0.2, 0.25) is 0 Å². The molecule has 0 saturated carbocycles. The molecule has 1 aliphatic rings. The third kappa shape index (κ3) is 4.62. The van der Waals surface area contributed by atoms with Crippen LogP contribution in [0, 0.1) is 0 Å². The molecular weight excluding hydrogens is 194 g/mol. The largest absolute Gasteiger partial charge is 0.481 e. The van der Waals surface area contributed by atoms with Gasteiger partial charge in [-0.1, -0.05) is 12.8 Å². The maximum atomic E-state index is 10.4. The maximum Gasteiger partial charge on any atom is 0.306 e. The molecule has 1 heterocycles. The molecule has 0 amide bonds. The van der Waals surface area contributed by atoms with Crippen LogP contribution in [0.5, 0.6) is 0 Å². The van der Waals surface area contributed by atoms with Crippen LogP contribution in [-0.4, -0.2) is 46.3 Å². The Hall–Kier alpha value is -0.610. The predicted molar refractivity (Wildman–Crippen MR) is 57.8 cm³/mol. The van der Waals surface area contributed by atoms with Crippen molar-refractivity contribution >= 4 is 5.97 Å². The molecule has 1 fully saturated rings. The molecule has 1 aliphatic heterocycles. The highest BCUT2D eigenvalue weighted by Gasteiger charge is 2.20. The molecule has 0 radical (unpaired) electrons. The molecule has 15 heavy (non-hydrogen) atoms. The zero-order valence-corrected chi connectivity index (χ0v) is 9.35. The molecule has 0 aromatic carbocycles. The Labute approximate surface area is 90.9 Å². The maximum absolute atomic E-state index is 10.4. The van der Waals surface area contributed by atoms with Gasteiger partial charge < -0.3 is 10.2 Å². The normalized spacial score (nSPS) is 25.9. The van der Waals surface area contributed by atoms with Crippen molar-refractivity contribution in [2.24, 2.45) is 0 Å². The minimum Gasteiger partial charge on any atom is -0.481 e. The topological polar surface area (TPSA) is 60.8 Å². The molecule has 0 spiro atoms. The van der Waals surface area contributed by atoms with E-state index in [4.69, 9.17) is 5.11 Å². The van der Waals surface area contributed by atoms with Crippen LogP contribution in [0.1, 0.15) is 39.0 Å². The number of carboxylic acids is 1. The number of hydrogen-bond acceptors (Lipinski definition) is 3. The fraction of sp³-hybridized carbons (Fsp3) is 0.909. The van der Waals surface area contributed by atoms with Gasteiger partial charge in [0, 0.05) is 12.6 Å². The second kappa shape index (κ2) is 6.08. The van der Waals surface area contributed by atoms with Crippen molar-refractivity contribution in [1.82, 2.24) is 4.90 Å². The number of likely N-dealkylation sites (tertiary alicyclic amines) is 1. The van der Waals surface area contributed by atoms with Crippen molar-refractivity contribution in [3.05, 3.63) is 0 Å². The molecule has 0 aromatic rings. The van der Waals surface area contributed by atoms with Gasteiger partial charge >= 0.3 is 5.97 Å². The van der Waals surface area contributed by atoms with Gasteiger partial charge in [-0.05, 0) is 26.3 Å². The fourth-order valence-corrected chi connectivity index (χ4v) is 2.14. The first-order valence-corrected chi connectivity index (χ1v) is 5.73. The molecule has 0 aliphatic carbocycles. The lowest BCUT2D eigenvalue weighted by Crippen LogP contribution is -2.39. The van der Waals surface area contributed by atoms with E-state index < -0.39 is 12.1 Å². The number of nitrogens with zero attached hydrogens (tertiary/aromatic N) is 1. The molecule has 88 valence electrons.